The molecular weight excluding hydrogens is 478 g/mol. The second-order valence-electron chi connectivity index (χ2n) is 9.49. The summed E-state index contributed by atoms with van der Waals surface area (Å²) in [7, 11) is -4.42. The van der Waals surface area contributed by atoms with Crippen LogP contribution in [0, 0.1) is 0 Å². The fraction of sp³-hybridized carbons (Fsp3) is 0.750. The summed E-state index contributed by atoms with van der Waals surface area (Å²) < 4.78 is 31.9. The summed E-state index contributed by atoms with van der Waals surface area (Å²) in [4.78, 5) is 12.3. The van der Waals surface area contributed by atoms with Gasteiger partial charge in [-0.25, -0.2) is 0 Å². The summed E-state index contributed by atoms with van der Waals surface area (Å²) >= 11 is 0. The number of allylic oxidation sites excluding steroid dienone is 5. The van der Waals surface area contributed by atoms with E-state index in [2.05, 4.69) is 43.5 Å². The molecule has 0 saturated carbocycles. The molecule has 0 saturated heterocycles. The summed E-state index contributed by atoms with van der Waals surface area (Å²) in [5, 5.41) is 22.9. The van der Waals surface area contributed by atoms with Gasteiger partial charge in [0.05, 0.1) is 17.9 Å². The van der Waals surface area contributed by atoms with Crippen LogP contribution in [0.15, 0.2) is 36.5 Å². The predicted octanol–water partition coefficient (Wildman–Crippen LogP) is 5.64. The van der Waals surface area contributed by atoms with Crippen molar-refractivity contribution < 1.29 is 28.0 Å². The highest BCUT2D eigenvalue weighted by Crippen LogP contribution is 2.11. The minimum Gasteiger partial charge on any atom is -0.387 e. The molecule has 7 nitrogen and oxygen atoms in total. The Morgan fingerprint density at radius 3 is 1.83 bits per heavy atom. The molecule has 0 aromatic carbocycles. The molecule has 8 heteroatoms. The molecule has 4 N–H and O–H groups in total. The zero-order valence-corrected chi connectivity index (χ0v) is 23.3. The molecule has 210 valence electrons. The molecule has 0 fully saturated rings. The average molecular weight is 530 g/mol. The van der Waals surface area contributed by atoms with Crippen LogP contribution < -0.4 is 5.32 Å². The molecule has 36 heavy (non-hydrogen) atoms. The van der Waals surface area contributed by atoms with Gasteiger partial charge in [0.2, 0.25) is 5.91 Å². The number of hydrogen-bond donors (Lipinski definition) is 4. The van der Waals surface area contributed by atoms with E-state index in [0.29, 0.717) is 6.42 Å². The maximum absolute atomic E-state index is 12.3. The van der Waals surface area contributed by atoms with Crippen LogP contribution in [0.5, 0.6) is 0 Å². The first-order valence-corrected chi connectivity index (χ1v) is 15.4. The lowest BCUT2D eigenvalue weighted by atomic mass is 10.1. The molecule has 0 radical (unpaired) electrons. The molecule has 0 rings (SSSR count). The van der Waals surface area contributed by atoms with Gasteiger partial charge in [-0.3, -0.25) is 9.35 Å². The quantitative estimate of drug-likeness (QED) is 0.0588. The van der Waals surface area contributed by atoms with Crippen molar-refractivity contribution in [3.63, 3.8) is 0 Å². The SMILES string of the molecule is CCCCC/C=C\C=C/CCCCCCCC(O)C(=O)NC(CS(=O)(=O)O)C(O)/C=C/CCCCC. The van der Waals surface area contributed by atoms with Gasteiger partial charge in [-0.05, 0) is 44.9 Å². The van der Waals surface area contributed by atoms with E-state index in [-0.39, 0.29) is 6.42 Å². The fourth-order valence-electron chi connectivity index (χ4n) is 3.74. The first kappa shape index (κ1) is 34.5. The second-order valence-corrected chi connectivity index (χ2v) is 11.0. The molecule has 3 atom stereocenters. The molecule has 3 unspecified atom stereocenters. The zero-order chi connectivity index (χ0) is 27.1. The van der Waals surface area contributed by atoms with Gasteiger partial charge in [-0.2, -0.15) is 8.42 Å². The lowest BCUT2D eigenvalue weighted by molar-refractivity contribution is -0.130. The highest BCUT2D eigenvalue weighted by atomic mass is 32.2. The van der Waals surface area contributed by atoms with Crippen molar-refractivity contribution >= 4 is 16.0 Å². The Hall–Kier alpha value is -1.48. The lowest BCUT2D eigenvalue weighted by Gasteiger charge is -2.22. The molecule has 0 aliphatic carbocycles. The van der Waals surface area contributed by atoms with Crippen molar-refractivity contribution in [3.8, 4) is 0 Å². The van der Waals surface area contributed by atoms with E-state index < -0.39 is 40.0 Å². The minimum absolute atomic E-state index is 0.260. The van der Waals surface area contributed by atoms with Crippen LogP contribution in [0.2, 0.25) is 0 Å². The fourth-order valence-corrected chi connectivity index (χ4v) is 4.47. The normalized spacial score (nSPS) is 15.1. The van der Waals surface area contributed by atoms with E-state index in [4.69, 9.17) is 0 Å². The van der Waals surface area contributed by atoms with E-state index in [9.17, 15) is 28.0 Å². The highest BCUT2D eigenvalue weighted by molar-refractivity contribution is 7.85. The van der Waals surface area contributed by atoms with Crippen molar-refractivity contribution in [1.82, 2.24) is 5.32 Å². The van der Waals surface area contributed by atoms with E-state index in [1.807, 2.05) is 0 Å². The third-order valence-corrected chi connectivity index (χ3v) is 6.73. The largest absolute Gasteiger partial charge is 0.387 e. The molecular formula is C28H51NO6S. The summed E-state index contributed by atoms with van der Waals surface area (Å²) in [6.07, 6.45) is 24.0. The van der Waals surface area contributed by atoms with Crippen LogP contribution in [0.4, 0.5) is 0 Å². The lowest BCUT2D eigenvalue weighted by Crippen LogP contribution is -2.50. The Kier molecular flexibility index (Phi) is 21.8. The van der Waals surface area contributed by atoms with E-state index >= 15 is 0 Å². The minimum atomic E-state index is -4.42. The standard InChI is InChI=1S/C28H51NO6S/c1-3-5-7-9-10-11-12-13-14-15-16-17-19-21-23-27(31)28(32)29-25(24-36(33,34)35)26(30)22-20-18-8-6-4-2/h10-13,20,22,25-27,30-31H,3-9,14-19,21,23-24H2,1-2H3,(H,29,32)(H,33,34,35)/b11-10-,13-12-,22-20+. The third-order valence-electron chi connectivity index (χ3n) is 5.95. The predicted molar refractivity (Wildman–Crippen MR) is 148 cm³/mol. The number of rotatable bonds is 23. The molecule has 0 aromatic rings. The maximum atomic E-state index is 12.3. The smallest absolute Gasteiger partial charge is 0.267 e. The van der Waals surface area contributed by atoms with Crippen LogP contribution in [-0.2, 0) is 14.9 Å². The molecule has 0 spiro atoms. The number of aliphatic hydroxyl groups is 2. The summed E-state index contributed by atoms with van der Waals surface area (Å²) in [5.41, 5.74) is 0. The molecule has 0 aromatic heterocycles. The van der Waals surface area contributed by atoms with E-state index in [0.717, 1.165) is 64.2 Å². The first-order valence-electron chi connectivity index (χ1n) is 13.8. The van der Waals surface area contributed by atoms with Gasteiger partial charge in [0, 0.05) is 0 Å². The Morgan fingerprint density at radius 2 is 1.28 bits per heavy atom. The summed E-state index contributed by atoms with van der Waals surface area (Å²) in [6, 6.07) is -1.23. The molecule has 0 aliphatic heterocycles. The average Bonchev–Trinajstić information content (AvgIpc) is 2.82. The summed E-state index contributed by atoms with van der Waals surface area (Å²) in [6.45, 7) is 4.28. The van der Waals surface area contributed by atoms with Crippen molar-refractivity contribution in [3.05, 3.63) is 36.5 Å². The number of amides is 1. The summed E-state index contributed by atoms with van der Waals surface area (Å²) in [5.74, 6) is -1.57. The van der Waals surface area contributed by atoms with Crippen LogP contribution in [0.1, 0.15) is 110 Å². The van der Waals surface area contributed by atoms with Crippen molar-refractivity contribution in [2.45, 2.75) is 128 Å². The Morgan fingerprint density at radius 1 is 0.778 bits per heavy atom. The second kappa shape index (κ2) is 22.7. The van der Waals surface area contributed by atoms with Crippen LogP contribution in [-0.4, -0.2) is 53.1 Å². The monoisotopic (exact) mass is 529 g/mol. The first-order chi connectivity index (χ1) is 17.2. The van der Waals surface area contributed by atoms with Gasteiger partial charge in [-0.15, -0.1) is 0 Å². The van der Waals surface area contributed by atoms with Crippen LogP contribution in [0.3, 0.4) is 0 Å². The number of carbonyl (C=O) groups excluding carboxylic acids is 1. The Balaban J connectivity index is 4.22. The number of carbonyl (C=O) groups is 1. The van der Waals surface area contributed by atoms with Crippen molar-refractivity contribution in [2.75, 3.05) is 5.75 Å². The van der Waals surface area contributed by atoms with Gasteiger partial charge < -0.3 is 15.5 Å². The van der Waals surface area contributed by atoms with Crippen molar-refractivity contribution in [1.29, 1.82) is 0 Å². The maximum Gasteiger partial charge on any atom is 0.267 e. The van der Waals surface area contributed by atoms with E-state index in [1.54, 1.807) is 6.08 Å². The Labute approximate surface area is 219 Å². The van der Waals surface area contributed by atoms with Gasteiger partial charge in [-0.1, -0.05) is 102 Å². The van der Waals surface area contributed by atoms with Crippen LogP contribution in [0.25, 0.3) is 0 Å². The van der Waals surface area contributed by atoms with Crippen LogP contribution >= 0.6 is 0 Å². The molecule has 0 aliphatic rings. The van der Waals surface area contributed by atoms with Gasteiger partial charge in [0.25, 0.3) is 10.1 Å². The molecule has 0 bridgehead atoms. The number of unbranched alkanes of at least 4 members (excludes halogenated alkanes) is 11. The van der Waals surface area contributed by atoms with E-state index in [1.165, 1.54) is 25.3 Å². The third kappa shape index (κ3) is 21.8. The Bertz CT molecular complexity index is 732. The number of hydrogen-bond acceptors (Lipinski definition) is 5. The molecule has 0 heterocycles. The van der Waals surface area contributed by atoms with Gasteiger partial charge >= 0.3 is 0 Å². The zero-order valence-electron chi connectivity index (χ0n) is 22.5. The molecule has 1 amide bonds. The van der Waals surface area contributed by atoms with Gasteiger partial charge in [0.15, 0.2) is 0 Å². The highest BCUT2D eigenvalue weighted by Gasteiger charge is 2.27. The number of nitrogens with one attached hydrogen (secondary N) is 1. The topological polar surface area (TPSA) is 124 Å². The number of aliphatic hydroxyl groups excluding tert-OH is 2. The van der Waals surface area contributed by atoms with Crippen molar-refractivity contribution in [2.24, 2.45) is 0 Å². The van der Waals surface area contributed by atoms with Gasteiger partial charge in [0.1, 0.15) is 6.10 Å².